The molecule has 0 aromatic heterocycles. The Balaban J connectivity index is 2.49. The molecule has 98 valence electrons. The minimum absolute atomic E-state index is 0.233. The van der Waals surface area contributed by atoms with Crippen LogP contribution in [0.1, 0.15) is 33.6 Å². The Bertz CT molecular complexity index is 297. The highest BCUT2D eigenvalue weighted by atomic mass is 16.6. The number of amides is 1. The molecule has 1 amide bonds. The van der Waals surface area contributed by atoms with Crippen molar-refractivity contribution in [1.82, 2.24) is 5.32 Å². The normalized spacial score (nSPS) is 25.1. The summed E-state index contributed by atoms with van der Waals surface area (Å²) in [4.78, 5) is 22.5. The lowest BCUT2D eigenvalue weighted by molar-refractivity contribution is -0.158. The molecular weight excluding hydrogens is 226 g/mol. The van der Waals surface area contributed by atoms with Gasteiger partial charge in [-0.1, -0.05) is 0 Å². The zero-order valence-corrected chi connectivity index (χ0v) is 10.4. The first-order valence-corrected chi connectivity index (χ1v) is 5.61. The van der Waals surface area contributed by atoms with Gasteiger partial charge in [0.15, 0.2) is 0 Å². The molecule has 1 rings (SSSR count). The van der Waals surface area contributed by atoms with Crippen molar-refractivity contribution in [3.8, 4) is 0 Å². The van der Waals surface area contributed by atoms with Crippen LogP contribution in [-0.2, 0) is 14.3 Å². The first-order chi connectivity index (χ1) is 7.81. The zero-order chi connectivity index (χ0) is 13.1. The van der Waals surface area contributed by atoms with Crippen molar-refractivity contribution < 1.29 is 24.2 Å². The number of hydrogen-bond acceptors (Lipinski definition) is 5. The molecule has 0 unspecified atom stereocenters. The monoisotopic (exact) mass is 245 g/mol. The lowest BCUT2D eigenvalue weighted by atomic mass is 10.0. The lowest BCUT2D eigenvalue weighted by Gasteiger charge is -2.31. The van der Waals surface area contributed by atoms with Gasteiger partial charge < -0.3 is 19.9 Å². The van der Waals surface area contributed by atoms with Crippen LogP contribution in [0.2, 0.25) is 0 Å². The predicted octanol–water partition coefficient (Wildman–Crippen LogP) is 0.578. The van der Waals surface area contributed by atoms with Crippen LogP contribution in [0.5, 0.6) is 0 Å². The van der Waals surface area contributed by atoms with Crippen LogP contribution in [0.3, 0.4) is 0 Å². The summed E-state index contributed by atoms with van der Waals surface area (Å²) >= 11 is 0. The van der Waals surface area contributed by atoms with E-state index in [0.29, 0.717) is 6.42 Å². The lowest BCUT2D eigenvalue weighted by Crippen LogP contribution is -2.51. The van der Waals surface area contributed by atoms with Gasteiger partial charge in [-0.2, -0.15) is 0 Å². The van der Waals surface area contributed by atoms with Crippen molar-refractivity contribution in [3.05, 3.63) is 0 Å². The Morgan fingerprint density at radius 2 is 2.24 bits per heavy atom. The summed E-state index contributed by atoms with van der Waals surface area (Å²) in [5.41, 5.74) is -0.579. The van der Waals surface area contributed by atoms with E-state index >= 15 is 0 Å². The van der Waals surface area contributed by atoms with Crippen LogP contribution in [0.15, 0.2) is 0 Å². The summed E-state index contributed by atoms with van der Waals surface area (Å²) in [5, 5.41) is 11.7. The quantitative estimate of drug-likeness (QED) is 0.695. The van der Waals surface area contributed by atoms with Gasteiger partial charge in [0.05, 0.1) is 12.6 Å². The van der Waals surface area contributed by atoms with Gasteiger partial charge in [0.2, 0.25) is 0 Å². The van der Waals surface area contributed by atoms with Crippen molar-refractivity contribution in [1.29, 1.82) is 0 Å². The Morgan fingerprint density at radius 3 is 2.76 bits per heavy atom. The molecule has 1 heterocycles. The molecular formula is C11H19NO5. The van der Waals surface area contributed by atoms with Gasteiger partial charge in [-0.25, -0.2) is 4.79 Å². The van der Waals surface area contributed by atoms with E-state index in [4.69, 9.17) is 14.6 Å². The molecule has 0 aromatic carbocycles. The fourth-order valence-electron chi connectivity index (χ4n) is 1.56. The number of alkyl carbamates (subject to hydrolysis) is 1. The molecule has 0 aromatic rings. The van der Waals surface area contributed by atoms with Gasteiger partial charge >= 0.3 is 12.1 Å². The van der Waals surface area contributed by atoms with E-state index in [1.807, 2.05) is 0 Å². The van der Waals surface area contributed by atoms with Gasteiger partial charge in [-0.05, 0) is 27.2 Å². The molecule has 17 heavy (non-hydrogen) atoms. The number of esters is 1. The summed E-state index contributed by atoms with van der Waals surface area (Å²) in [6.07, 6.45) is -0.581. The number of carbonyl (C=O) groups excluding carboxylic acids is 2. The van der Waals surface area contributed by atoms with Gasteiger partial charge in [-0.15, -0.1) is 0 Å². The summed E-state index contributed by atoms with van der Waals surface area (Å²) in [5.74, 6) is -0.355. The third-order valence-corrected chi connectivity index (χ3v) is 2.27. The van der Waals surface area contributed by atoms with Crippen molar-refractivity contribution in [3.63, 3.8) is 0 Å². The maximum Gasteiger partial charge on any atom is 0.408 e. The molecule has 0 spiro atoms. The molecule has 1 saturated heterocycles. The van der Waals surface area contributed by atoms with Crippen LogP contribution >= 0.6 is 0 Å². The van der Waals surface area contributed by atoms with E-state index in [2.05, 4.69) is 5.32 Å². The first kappa shape index (κ1) is 13.8. The van der Waals surface area contributed by atoms with Crippen LogP contribution in [0, 0.1) is 0 Å². The van der Waals surface area contributed by atoms with Gasteiger partial charge in [0.25, 0.3) is 0 Å². The fraction of sp³-hybridized carbons (Fsp3) is 0.818. The van der Waals surface area contributed by atoms with Gasteiger partial charge in [-0.3, -0.25) is 4.79 Å². The highest BCUT2D eigenvalue weighted by molar-refractivity contribution is 5.72. The predicted molar refractivity (Wildman–Crippen MR) is 59.4 cm³/mol. The van der Waals surface area contributed by atoms with Crippen LogP contribution in [0.4, 0.5) is 4.79 Å². The SMILES string of the molecule is CC(C)(C)OC(=O)N[C@H]1CCC(=O)O[C@@H]1CO. The number of aliphatic hydroxyl groups is 1. The van der Waals surface area contributed by atoms with E-state index in [0.717, 1.165) is 0 Å². The van der Waals surface area contributed by atoms with Gasteiger partial charge in [0, 0.05) is 6.42 Å². The topological polar surface area (TPSA) is 84.9 Å². The molecule has 2 N–H and O–H groups in total. The first-order valence-electron chi connectivity index (χ1n) is 5.61. The van der Waals surface area contributed by atoms with E-state index in [9.17, 15) is 9.59 Å². The van der Waals surface area contributed by atoms with E-state index in [-0.39, 0.29) is 19.0 Å². The van der Waals surface area contributed by atoms with E-state index < -0.39 is 23.8 Å². The zero-order valence-electron chi connectivity index (χ0n) is 10.4. The summed E-state index contributed by atoms with van der Waals surface area (Å²) in [7, 11) is 0. The number of nitrogens with one attached hydrogen (secondary N) is 1. The molecule has 6 heteroatoms. The summed E-state index contributed by atoms with van der Waals surface area (Å²) < 4.78 is 10.0. The van der Waals surface area contributed by atoms with E-state index in [1.54, 1.807) is 20.8 Å². The smallest absolute Gasteiger partial charge is 0.408 e. The number of ether oxygens (including phenoxy) is 2. The summed E-state index contributed by atoms with van der Waals surface area (Å²) in [6.45, 7) is 4.97. The molecule has 1 aliphatic heterocycles. The Morgan fingerprint density at radius 1 is 1.59 bits per heavy atom. The largest absolute Gasteiger partial charge is 0.458 e. The Kier molecular flexibility index (Phi) is 4.34. The standard InChI is InChI=1S/C11H19NO5/c1-11(2,3)17-10(15)12-7-4-5-9(14)16-8(7)6-13/h7-8,13H,4-6H2,1-3H3,(H,12,15)/t7-,8+/m0/s1. The van der Waals surface area contributed by atoms with E-state index in [1.165, 1.54) is 0 Å². The highest BCUT2D eigenvalue weighted by Gasteiger charge is 2.32. The molecule has 0 bridgehead atoms. The minimum atomic E-state index is -0.691. The second kappa shape index (κ2) is 5.35. The van der Waals surface area contributed by atoms with Gasteiger partial charge in [0.1, 0.15) is 11.7 Å². The highest BCUT2D eigenvalue weighted by Crippen LogP contribution is 2.16. The molecule has 0 aliphatic carbocycles. The average molecular weight is 245 g/mol. The molecule has 1 fully saturated rings. The Labute approximate surface area is 100 Å². The van der Waals surface area contributed by atoms with Crippen molar-refractivity contribution in [2.75, 3.05) is 6.61 Å². The molecule has 1 aliphatic rings. The third-order valence-electron chi connectivity index (χ3n) is 2.27. The fourth-order valence-corrected chi connectivity index (χ4v) is 1.56. The maximum atomic E-state index is 11.5. The molecule has 0 radical (unpaired) electrons. The Hall–Kier alpha value is -1.30. The minimum Gasteiger partial charge on any atom is -0.458 e. The molecule has 6 nitrogen and oxygen atoms in total. The van der Waals surface area contributed by atoms with Crippen LogP contribution in [-0.4, -0.2) is 41.5 Å². The number of carbonyl (C=O) groups is 2. The van der Waals surface area contributed by atoms with Crippen molar-refractivity contribution in [2.24, 2.45) is 0 Å². The van der Waals surface area contributed by atoms with Crippen LogP contribution < -0.4 is 5.32 Å². The summed E-state index contributed by atoms with van der Waals surface area (Å²) in [6, 6.07) is -0.396. The molecule has 2 atom stereocenters. The maximum absolute atomic E-state index is 11.5. The molecule has 0 saturated carbocycles. The number of hydrogen-bond donors (Lipinski definition) is 2. The second-order valence-corrected chi connectivity index (χ2v) is 5.00. The number of aliphatic hydroxyl groups excluding tert-OH is 1. The number of rotatable bonds is 2. The number of cyclic esters (lactones) is 1. The average Bonchev–Trinajstić information content (AvgIpc) is 2.17. The van der Waals surface area contributed by atoms with Crippen molar-refractivity contribution >= 4 is 12.1 Å². The second-order valence-electron chi connectivity index (χ2n) is 5.00. The van der Waals surface area contributed by atoms with Crippen molar-refractivity contribution in [2.45, 2.75) is 51.4 Å². The third kappa shape index (κ3) is 4.60. The van der Waals surface area contributed by atoms with Crippen LogP contribution in [0.25, 0.3) is 0 Å².